The summed E-state index contributed by atoms with van der Waals surface area (Å²) in [5.41, 5.74) is 1.04. The van der Waals surface area contributed by atoms with E-state index in [9.17, 15) is 4.79 Å². The molecular formula is C12H15ClN2O. The molecule has 2 rings (SSSR count). The fourth-order valence-electron chi connectivity index (χ4n) is 2.00. The monoisotopic (exact) mass is 238 g/mol. The Morgan fingerprint density at radius 2 is 2.38 bits per heavy atom. The Bertz CT molecular complexity index is 377. The molecule has 1 amide bonds. The van der Waals surface area contributed by atoms with Crippen molar-refractivity contribution >= 4 is 17.5 Å². The molecule has 0 N–H and O–H groups in total. The van der Waals surface area contributed by atoms with E-state index in [0.29, 0.717) is 24.0 Å². The van der Waals surface area contributed by atoms with E-state index in [1.165, 1.54) is 0 Å². The fourth-order valence-corrected chi connectivity index (χ4v) is 2.11. The first-order chi connectivity index (χ1) is 7.69. The maximum absolute atomic E-state index is 11.7. The number of nitrogens with zero attached hydrogens (tertiary/aromatic N) is 2. The molecule has 3 nitrogen and oxygen atoms in total. The zero-order chi connectivity index (χ0) is 11.5. The first kappa shape index (κ1) is 11.4. The maximum Gasteiger partial charge on any atom is 0.223 e. The van der Waals surface area contributed by atoms with Gasteiger partial charge >= 0.3 is 0 Å². The lowest BCUT2D eigenvalue weighted by Gasteiger charge is -2.16. The summed E-state index contributed by atoms with van der Waals surface area (Å²) in [6, 6.07) is 3.68. The number of carbonyl (C=O) groups is 1. The fraction of sp³-hybridized carbons (Fsp3) is 0.500. The number of hydrogen-bond donors (Lipinski definition) is 0. The largest absolute Gasteiger partial charge is 0.338 e. The van der Waals surface area contributed by atoms with Crippen LogP contribution < -0.4 is 0 Å². The number of aromatic nitrogens is 1. The van der Waals surface area contributed by atoms with Crippen molar-refractivity contribution in [2.45, 2.75) is 26.3 Å². The summed E-state index contributed by atoms with van der Waals surface area (Å²) in [4.78, 5) is 17.6. The third kappa shape index (κ3) is 2.53. The lowest BCUT2D eigenvalue weighted by molar-refractivity contribution is -0.128. The number of amides is 1. The summed E-state index contributed by atoms with van der Waals surface area (Å²) in [5, 5.41) is 0.489. The molecule has 1 unspecified atom stereocenters. The van der Waals surface area contributed by atoms with Gasteiger partial charge in [-0.15, -0.1) is 0 Å². The van der Waals surface area contributed by atoms with Crippen molar-refractivity contribution in [2.24, 2.45) is 5.92 Å². The molecule has 4 heteroatoms. The average Bonchev–Trinajstić information content (AvgIpc) is 2.63. The van der Waals surface area contributed by atoms with Gasteiger partial charge in [0, 0.05) is 25.7 Å². The van der Waals surface area contributed by atoms with Crippen LogP contribution in [-0.4, -0.2) is 22.3 Å². The number of carbonyl (C=O) groups excluding carboxylic acids is 1. The highest BCUT2D eigenvalue weighted by Crippen LogP contribution is 2.22. The molecule has 1 fully saturated rings. The number of pyridine rings is 1. The molecule has 16 heavy (non-hydrogen) atoms. The molecule has 1 atom stereocenters. The highest BCUT2D eigenvalue weighted by Gasteiger charge is 2.27. The second-order valence-electron chi connectivity index (χ2n) is 4.24. The van der Waals surface area contributed by atoms with E-state index in [1.807, 2.05) is 11.0 Å². The van der Waals surface area contributed by atoms with Crippen LogP contribution in [0.25, 0.3) is 0 Å². The van der Waals surface area contributed by atoms with Gasteiger partial charge in [-0.1, -0.05) is 31.0 Å². The summed E-state index contributed by atoms with van der Waals surface area (Å²) < 4.78 is 0. The third-order valence-electron chi connectivity index (χ3n) is 3.03. The van der Waals surface area contributed by atoms with Crippen LogP contribution >= 0.6 is 11.6 Å². The summed E-state index contributed by atoms with van der Waals surface area (Å²) in [5.74, 6) is 0.773. The van der Waals surface area contributed by atoms with Crippen LogP contribution in [-0.2, 0) is 11.3 Å². The first-order valence-corrected chi connectivity index (χ1v) is 5.95. The van der Waals surface area contributed by atoms with E-state index in [0.717, 1.165) is 18.5 Å². The predicted molar refractivity (Wildman–Crippen MR) is 63.1 cm³/mol. The van der Waals surface area contributed by atoms with Crippen molar-refractivity contribution in [1.29, 1.82) is 0 Å². The zero-order valence-corrected chi connectivity index (χ0v) is 10.1. The number of rotatable bonds is 3. The quantitative estimate of drug-likeness (QED) is 0.758. The molecule has 1 aliphatic rings. The van der Waals surface area contributed by atoms with Gasteiger partial charge in [-0.05, 0) is 17.5 Å². The lowest BCUT2D eigenvalue weighted by atomic mass is 10.1. The number of hydrogen-bond acceptors (Lipinski definition) is 2. The van der Waals surface area contributed by atoms with Crippen molar-refractivity contribution in [3.63, 3.8) is 0 Å². The number of likely N-dealkylation sites (tertiary alicyclic amines) is 1. The Morgan fingerprint density at radius 1 is 1.56 bits per heavy atom. The van der Waals surface area contributed by atoms with E-state index >= 15 is 0 Å². The number of halogens is 1. The van der Waals surface area contributed by atoms with Gasteiger partial charge in [-0.3, -0.25) is 4.79 Å². The molecule has 1 aromatic rings. The standard InChI is InChI=1S/C12H15ClN2O/c1-2-9-5-12(16)15(7-9)8-10-3-4-11(13)14-6-10/h3-4,6,9H,2,5,7-8H2,1H3. The Kier molecular flexibility index (Phi) is 3.44. The smallest absolute Gasteiger partial charge is 0.223 e. The molecular weight excluding hydrogens is 224 g/mol. The Hall–Kier alpha value is -1.09. The molecule has 0 bridgehead atoms. The van der Waals surface area contributed by atoms with Crippen LogP contribution in [0.3, 0.4) is 0 Å². The molecule has 0 saturated carbocycles. The molecule has 1 saturated heterocycles. The van der Waals surface area contributed by atoms with E-state index in [4.69, 9.17) is 11.6 Å². The third-order valence-corrected chi connectivity index (χ3v) is 3.26. The molecule has 0 radical (unpaired) electrons. The minimum absolute atomic E-state index is 0.252. The molecule has 86 valence electrons. The Labute approximate surface area is 100 Å². The van der Waals surface area contributed by atoms with Gasteiger partial charge < -0.3 is 4.90 Å². The second-order valence-corrected chi connectivity index (χ2v) is 4.63. The zero-order valence-electron chi connectivity index (χ0n) is 9.32. The summed E-state index contributed by atoms with van der Waals surface area (Å²) in [7, 11) is 0. The highest BCUT2D eigenvalue weighted by molar-refractivity contribution is 6.29. The lowest BCUT2D eigenvalue weighted by Crippen LogP contribution is -2.24. The summed E-state index contributed by atoms with van der Waals surface area (Å²) in [6.45, 7) is 3.66. The van der Waals surface area contributed by atoms with Crippen LogP contribution in [0.5, 0.6) is 0 Å². The van der Waals surface area contributed by atoms with Crippen LogP contribution in [0.15, 0.2) is 18.3 Å². The predicted octanol–water partition coefficient (Wildman–Crippen LogP) is 2.49. The van der Waals surface area contributed by atoms with Gasteiger partial charge in [-0.2, -0.15) is 0 Å². The average molecular weight is 239 g/mol. The summed E-state index contributed by atoms with van der Waals surface area (Å²) >= 11 is 5.71. The van der Waals surface area contributed by atoms with Gasteiger partial charge in [0.1, 0.15) is 5.15 Å². The Morgan fingerprint density at radius 3 is 2.94 bits per heavy atom. The van der Waals surface area contributed by atoms with E-state index in [-0.39, 0.29) is 5.91 Å². The van der Waals surface area contributed by atoms with Crippen molar-refractivity contribution in [2.75, 3.05) is 6.54 Å². The minimum atomic E-state index is 0.252. The Balaban J connectivity index is 2.00. The van der Waals surface area contributed by atoms with Gasteiger partial charge in [0.15, 0.2) is 0 Å². The molecule has 1 aliphatic heterocycles. The van der Waals surface area contributed by atoms with Crippen molar-refractivity contribution < 1.29 is 4.79 Å². The van der Waals surface area contributed by atoms with Crippen LogP contribution in [0, 0.1) is 5.92 Å². The molecule has 2 heterocycles. The molecule has 0 spiro atoms. The molecule has 0 aromatic carbocycles. The maximum atomic E-state index is 11.7. The van der Waals surface area contributed by atoms with E-state index in [1.54, 1.807) is 12.3 Å². The van der Waals surface area contributed by atoms with Gasteiger partial charge in [0.05, 0.1) is 0 Å². The van der Waals surface area contributed by atoms with Crippen molar-refractivity contribution in [1.82, 2.24) is 9.88 Å². The first-order valence-electron chi connectivity index (χ1n) is 5.57. The SMILES string of the molecule is CCC1CC(=O)N(Cc2ccc(Cl)nc2)C1. The second kappa shape index (κ2) is 4.83. The van der Waals surface area contributed by atoms with E-state index in [2.05, 4.69) is 11.9 Å². The van der Waals surface area contributed by atoms with Crippen molar-refractivity contribution in [3.05, 3.63) is 29.0 Å². The highest BCUT2D eigenvalue weighted by atomic mass is 35.5. The van der Waals surface area contributed by atoms with Crippen LogP contribution in [0.1, 0.15) is 25.3 Å². The minimum Gasteiger partial charge on any atom is -0.338 e. The van der Waals surface area contributed by atoms with Gasteiger partial charge in [0.25, 0.3) is 0 Å². The summed E-state index contributed by atoms with van der Waals surface area (Å²) in [6.07, 6.45) is 3.49. The van der Waals surface area contributed by atoms with E-state index < -0.39 is 0 Å². The van der Waals surface area contributed by atoms with Crippen LogP contribution in [0.2, 0.25) is 5.15 Å². The van der Waals surface area contributed by atoms with Gasteiger partial charge in [0.2, 0.25) is 5.91 Å². The normalized spacial score (nSPS) is 20.5. The molecule has 0 aliphatic carbocycles. The van der Waals surface area contributed by atoms with Crippen LogP contribution in [0.4, 0.5) is 0 Å². The van der Waals surface area contributed by atoms with Gasteiger partial charge in [-0.25, -0.2) is 4.98 Å². The topological polar surface area (TPSA) is 33.2 Å². The molecule has 1 aromatic heterocycles. The van der Waals surface area contributed by atoms with Crippen molar-refractivity contribution in [3.8, 4) is 0 Å².